The molecular weight excluding hydrogens is 463 g/mol. The number of rotatable bonds is 7. The van der Waals surface area contributed by atoms with E-state index in [9.17, 15) is 22.8 Å². The SMILES string of the molecule is CCN(CC)CCCn1c(=O)/c(=C/c2ccc(F)cc2F)s/c1=C1\C(=O)Nc2cc(F)ccc21. The number of fused-ring (bicyclic) bond motifs is 1. The molecule has 0 spiro atoms. The molecule has 1 aromatic heterocycles. The van der Waals surface area contributed by atoms with E-state index in [2.05, 4.69) is 24.1 Å². The summed E-state index contributed by atoms with van der Waals surface area (Å²) in [7, 11) is 0. The first-order chi connectivity index (χ1) is 16.3. The molecule has 4 rings (SSSR count). The zero-order chi connectivity index (χ0) is 24.4. The summed E-state index contributed by atoms with van der Waals surface area (Å²) in [5.41, 5.74) is 0.832. The van der Waals surface area contributed by atoms with Crippen molar-refractivity contribution in [2.24, 2.45) is 0 Å². The van der Waals surface area contributed by atoms with Crippen molar-refractivity contribution < 1.29 is 18.0 Å². The van der Waals surface area contributed by atoms with E-state index in [1.54, 1.807) is 0 Å². The Kier molecular flexibility index (Phi) is 7.04. The van der Waals surface area contributed by atoms with E-state index in [0.717, 1.165) is 43.1 Å². The number of carbonyl (C=O) groups excluding carboxylic acids is 1. The smallest absolute Gasteiger partial charge is 0.269 e. The largest absolute Gasteiger partial charge is 0.321 e. The van der Waals surface area contributed by atoms with E-state index in [1.807, 2.05) is 0 Å². The van der Waals surface area contributed by atoms with Crippen LogP contribution in [0.15, 0.2) is 41.2 Å². The summed E-state index contributed by atoms with van der Waals surface area (Å²) in [5.74, 6) is -2.41. The third-order valence-electron chi connectivity index (χ3n) is 5.85. The third-order valence-corrected chi connectivity index (χ3v) is 6.98. The lowest BCUT2D eigenvalue weighted by Crippen LogP contribution is -2.34. The summed E-state index contributed by atoms with van der Waals surface area (Å²) in [6.45, 7) is 7.00. The molecule has 0 saturated heterocycles. The molecule has 2 heterocycles. The second-order valence-corrected chi connectivity index (χ2v) is 8.97. The molecule has 0 bridgehead atoms. The maximum atomic E-state index is 14.3. The van der Waals surface area contributed by atoms with Crippen LogP contribution in [0.3, 0.4) is 0 Å². The molecule has 2 aromatic carbocycles. The Morgan fingerprint density at radius 1 is 1.03 bits per heavy atom. The standard InChI is InChI=1S/C25H24F3N3O2S/c1-3-30(4-2)10-5-11-31-24(33)21(12-15-6-7-16(26)13-19(15)28)34-25(31)22-18-9-8-17(27)14-20(18)29-23(22)32/h6-9,12-14H,3-5,10-11H2,1-2H3,(H,29,32)/b21-12-,25-22-. The predicted molar refractivity (Wildman–Crippen MR) is 128 cm³/mol. The summed E-state index contributed by atoms with van der Waals surface area (Å²) in [6, 6.07) is 7.14. The molecule has 178 valence electrons. The number of nitrogens with zero attached hydrogens (tertiary/aromatic N) is 2. The fourth-order valence-electron chi connectivity index (χ4n) is 4.02. The maximum absolute atomic E-state index is 14.3. The topological polar surface area (TPSA) is 54.3 Å². The Hall–Kier alpha value is -3.17. The van der Waals surface area contributed by atoms with Crippen LogP contribution in [-0.4, -0.2) is 35.0 Å². The van der Waals surface area contributed by atoms with Crippen LogP contribution in [0.2, 0.25) is 0 Å². The summed E-state index contributed by atoms with van der Waals surface area (Å²) < 4.78 is 43.4. The van der Waals surface area contributed by atoms with Crippen molar-refractivity contribution >= 4 is 34.6 Å². The monoisotopic (exact) mass is 487 g/mol. The number of benzene rings is 2. The second-order valence-electron chi connectivity index (χ2n) is 7.94. The highest BCUT2D eigenvalue weighted by atomic mass is 32.1. The normalized spacial score (nSPS) is 15.2. The van der Waals surface area contributed by atoms with Crippen molar-refractivity contribution in [2.75, 3.05) is 25.0 Å². The quantitative estimate of drug-likeness (QED) is 0.558. The number of anilines is 1. The highest BCUT2D eigenvalue weighted by molar-refractivity contribution is 7.07. The Bertz CT molecular complexity index is 1420. The van der Waals surface area contributed by atoms with Gasteiger partial charge in [0.2, 0.25) is 0 Å². The number of carbonyl (C=O) groups is 1. The van der Waals surface area contributed by atoms with Gasteiger partial charge in [-0.3, -0.25) is 14.2 Å². The van der Waals surface area contributed by atoms with Crippen LogP contribution in [0.4, 0.5) is 18.9 Å². The molecule has 1 aliphatic rings. The summed E-state index contributed by atoms with van der Waals surface area (Å²) in [4.78, 5) is 28.4. The van der Waals surface area contributed by atoms with Gasteiger partial charge in [0.15, 0.2) is 0 Å². The molecule has 3 aromatic rings. The highest BCUT2D eigenvalue weighted by Crippen LogP contribution is 2.30. The van der Waals surface area contributed by atoms with Gasteiger partial charge in [-0.05, 0) is 62.5 Å². The minimum absolute atomic E-state index is 0.0740. The number of hydrogen-bond donors (Lipinski definition) is 1. The molecule has 1 aliphatic heterocycles. The number of thiazole rings is 1. The van der Waals surface area contributed by atoms with Gasteiger partial charge in [-0.15, -0.1) is 11.3 Å². The van der Waals surface area contributed by atoms with Gasteiger partial charge in [0, 0.05) is 23.7 Å². The van der Waals surface area contributed by atoms with Gasteiger partial charge in [-0.25, -0.2) is 13.2 Å². The molecule has 5 nitrogen and oxygen atoms in total. The summed E-state index contributed by atoms with van der Waals surface area (Å²) in [6.07, 6.45) is 2.03. The molecule has 0 unspecified atom stereocenters. The van der Waals surface area contributed by atoms with Gasteiger partial charge in [0.05, 0.1) is 15.8 Å². The van der Waals surface area contributed by atoms with Gasteiger partial charge >= 0.3 is 0 Å². The molecule has 0 saturated carbocycles. The van der Waals surface area contributed by atoms with Crippen LogP contribution < -0.4 is 20.1 Å². The molecule has 0 atom stereocenters. The van der Waals surface area contributed by atoms with Gasteiger partial charge in [0.1, 0.15) is 22.1 Å². The van der Waals surface area contributed by atoms with Crippen molar-refractivity contribution in [3.05, 3.63) is 84.5 Å². The first-order valence-corrected chi connectivity index (χ1v) is 11.9. The molecule has 9 heteroatoms. The van der Waals surface area contributed by atoms with Crippen LogP contribution in [0, 0.1) is 17.5 Å². The van der Waals surface area contributed by atoms with E-state index >= 15 is 0 Å². The maximum Gasteiger partial charge on any atom is 0.269 e. The average molecular weight is 488 g/mol. The molecule has 0 aliphatic carbocycles. The molecule has 0 radical (unpaired) electrons. The number of hydrogen-bond acceptors (Lipinski definition) is 4. The molecular formula is C25H24F3N3O2S. The van der Waals surface area contributed by atoms with Crippen LogP contribution >= 0.6 is 11.3 Å². The van der Waals surface area contributed by atoms with Crippen molar-refractivity contribution in [3.63, 3.8) is 0 Å². The fourth-order valence-corrected chi connectivity index (χ4v) is 5.20. The van der Waals surface area contributed by atoms with E-state index in [-0.39, 0.29) is 21.2 Å². The van der Waals surface area contributed by atoms with Gasteiger partial charge in [-0.2, -0.15) is 0 Å². The van der Waals surface area contributed by atoms with Gasteiger partial charge in [0.25, 0.3) is 11.5 Å². The van der Waals surface area contributed by atoms with Crippen LogP contribution in [0.25, 0.3) is 11.6 Å². The zero-order valence-corrected chi connectivity index (χ0v) is 19.6. The number of nitrogens with one attached hydrogen (secondary N) is 1. The van der Waals surface area contributed by atoms with Crippen molar-refractivity contribution in [3.8, 4) is 0 Å². The van der Waals surface area contributed by atoms with Crippen molar-refractivity contribution in [1.29, 1.82) is 0 Å². The summed E-state index contributed by atoms with van der Waals surface area (Å²) in [5, 5.41) is 2.66. The van der Waals surface area contributed by atoms with Crippen LogP contribution in [0.5, 0.6) is 0 Å². The Balaban J connectivity index is 1.90. The number of halogens is 3. The van der Waals surface area contributed by atoms with E-state index in [0.29, 0.717) is 28.9 Å². The number of aromatic nitrogens is 1. The van der Waals surface area contributed by atoms with Gasteiger partial charge in [-0.1, -0.05) is 13.8 Å². The Morgan fingerprint density at radius 2 is 1.74 bits per heavy atom. The molecule has 1 N–H and O–H groups in total. The summed E-state index contributed by atoms with van der Waals surface area (Å²) >= 11 is 1.06. The fraction of sp³-hybridized carbons (Fsp3) is 0.280. The minimum Gasteiger partial charge on any atom is -0.321 e. The van der Waals surface area contributed by atoms with E-state index in [1.165, 1.54) is 34.9 Å². The Labute approximate surface area is 198 Å². The lowest BCUT2D eigenvalue weighted by atomic mass is 10.1. The molecule has 1 amide bonds. The molecule has 34 heavy (non-hydrogen) atoms. The second kappa shape index (κ2) is 9.99. The zero-order valence-electron chi connectivity index (χ0n) is 18.8. The van der Waals surface area contributed by atoms with Gasteiger partial charge < -0.3 is 10.2 Å². The number of amides is 1. The van der Waals surface area contributed by atoms with E-state index < -0.39 is 23.4 Å². The van der Waals surface area contributed by atoms with Crippen molar-refractivity contribution in [1.82, 2.24) is 9.47 Å². The first kappa shape index (κ1) is 24.0. The van der Waals surface area contributed by atoms with Crippen molar-refractivity contribution in [2.45, 2.75) is 26.8 Å². The first-order valence-electron chi connectivity index (χ1n) is 11.1. The van der Waals surface area contributed by atoms with Crippen LogP contribution in [-0.2, 0) is 11.3 Å². The molecule has 0 fully saturated rings. The average Bonchev–Trinajstić information content (AvgIpc) is 3.28. The predicted octanol–water partition coefficient (Wildman–Crippen LogP) is 3.04. The highest BCUT2D eigenvalue weighted by Gasteiger charge is 2.27. The third kappa shape index (κ3) is 4.71. The van der Waals surface area contributed by atoms with Crippen LogP contribution in [0.1, 0.15) is 31.4 Å². The minimum atomic E-state index is -0.783. The van der Waals surface area contributed by atoms with E-state index in [4.69, 9.17) is 0 Å². The lowest BCUT2D eigenvalue weighted by molar-refractivity contribution is -0.110. The lowest BCUT2D eigenvalue weighted by Gasteiger charge is -2.17. The Morgan fingerprint density at radius 3 is 2.44 bits per heavy atom.